The minimum atomic E-state index is -0.441. The molecule has 2 saturated heterocycles. The molecule has 2 rings (SSSR count). The summed E-state index contributed by atoms with van der Waals surface area (Å²) in [7, 11) is 0. The Morgan fingerprint density at radius 3 is 2.40 bits per heavy atom. The minimum Gasteiger partial charge on any atom is -0.391 e. The van der Waals surface area contributed by atoms with Crippen molar-refractivity contribution >= 4 is 11.6 Å². The van der Waals surface area contributed by atoms with Gasteiger partial charge in [0.05, 0.1) is 44.2 Å². The van der Waals surface area contributed by atoms with Gasteiger partial charge in [0.25, 0.3) is 0 Å². The van der Waals surface area contributed by atoms with Gasteiger partial charge in [0, 0.05) is 18.7 Å². The van der Waals surface area contributed by atoms with Gasteiger partial charge in [-0.2, -0.15) is 0 Å². The number of rotatable bonds is 8. The van der Waals surface area contributed by atoms with E-state index < -0.39 is 6.10 Å². The number of aliphatic hydroxyl groups is 1. The van der Waals surface area contributed by atoms with Crippen LogP contribution in [0.15, 0.2) is 0 Å². The van der Waals surface area contributed by atoms with Gasteiger partial charge in [0.1, 0.15) is 0 Å². The third kappa shape index (κ3) is 4.66. The highest BCUT2D eigenvalue weighted by Gasteiger charge is 2.29. The molecule has 0 aromatic heterocycles. The number of epoxide rings is 2. The summed E-state index contributed by atoms with van der Waals surface area (Å²) in [6, 6.07) is 0. The van der Waals surface area contributed by atoms with Crippen molar-refractivity contribution in [3.63, 3.8) is 0 Å². The summed E-state index contributed by atoms with van der Waals surface area (Å²) in [6.07, 6.45) is 1.60. The lowest BCUT2D eigenvalue weighted by atomic mass is 10.2. The molecule has 2 heterocycles. The van der Waals surface area contributed by atoms with E-state index in [9.17, 15) is 5.11 Å². The van der Waals surface area contributed by atoms with Gasteiger partial charge >= 0.3 is 0 Å². The Bertz CT molecular complexity index is 194. The third-order valence-corrected chi connectivity index (χ3v) is 2.91. The SMILES string of the molecule is OC(COC(CCl)CC1CO1)CC1CO1. The molecule has 4 nitrogen and oxygen atoms in total. The number of hydrogen-bond donors (Lipinski definition) is 1. The van der Waals surface area contributed by atoms with Gasteiger partial charge < -0.3 is 19.3 Å². The second kappa shape index (κ2) is 5.46. The van der Waals surface area contributed by atoms with Gasteiger partial charge in [-0.25, -0.2) is 0 Å². The average Bonchev–Trinajstić information content (AvgIpc) is 3.06. The zero-order chi connectivity index (χ0) is 10.7. The third-order valence-electron chi connectivity index (χ3n) is 2.56. The number of halogens is 1. The Hall–Kier alpha value is 0.130. The molecule has 88 valence electrons. The summed E-state index contributed by atoms with van der Waals surface area (Å²) in [4.78, 5) is 0. The highest BCUT2D eigenvalue weighted by Crippen LogP contribution is 2.19. The van der Waals surface area contributed by atoms with Gasteiger partial charge in [-0.1, -0.05) is 0 Å². The number of hydrogen-bond acceptors (Lipinski definition) is 4. The first-order chi connectivity index (χ1) is 7.28. The standard InChI is InChI=1S/C10H17ClO4/c11-3-8(2-10-6-15-10)13-4-7(12)1-9-5-14-9/h7-10,12H,1-6H2. The molecule has 0 aromatic carbocycles. The van der Waals surface area contributed by atoms with Gasteiger partial charge in [-0.15, -0.1) is 11.6 Å². The van der Waals surface area contributed by atoms with Crippen LogP contribution in [0, 0.1) is 0 Å². The second-order valence-corrected chi connectivity index (χ2v) is 4.45. The van der Waals surface area contributed by atoms with Crippen molar-refractivity contribution < 1.29 is 19.3 Å². The molecule has 0 spiro atoms. The Labute approximate surface area is 94.5 Å². The molecule has 2 aliphatic rings. The molecule has 0 radical (unpaired) electrons. The Kier molecular flexibility index (Phi) is 4.22. The average molecular weight is 237 g/mol. The van der Waals surface area contributed by atoms with E-state index in [4.69, 9.17) is 25.8 Å². The van der Waals surface area contributed by atoms with Crippen LogP contribution in [0.2, 0.25) is 0 Å². The molecule has 4 atom stereocenters. The van der Waals surface area contributed by atoms with Crippen molar-refractivity contribution in [1.29, 1.82) is 0 Å². The first-order valence-corrected chi connectivity index (χ1v) is 5.90. The highest BCUT2D eigenvalue weighted by atomic mass is 35.5. The highest BCUT2D eigenvalue weighted by molar-refractivity contribution is 6.18. The second-order valence-electron chi connectivity index (χ2n) is 4.15. The summed E-state index contributed by atoms with van der Waals surface area (Å²) in [5.41, 5.74) is 0. The molecule has 1 N–H and O–H groups in total. The number of alkyl halides is 1. The van der Waals surface area contributed by atoms with Crippen LogP contribution in [-0.4, -0.2) is 55.2 Å². The van der Waals surface area contributed by atoms with Crippen LogP contribution in [0.25, 0.3) is 0 Å². The quantitative estimate of drug-likeness (QED) is 0.494. The van der Waals surface area contributed by atoms with Crippen molar-refractivity contribution in [3.8, 4) is 0 Å². The largest absolute Gasteiger partial charge is 0.391 e. The van der Waals surface area contributed by atoms with Crippen molar-refractivity contribution in [3.05, 3.63) is 0 Å². The molecular weight excluding hydrogens is 220 g/mol. The van der Waals surface area contributed by atoms with Crippen LogP contribution < -0.4 is 0 Å². The zero-order valence-corrected chi connectivity index (χ0v) is 9.36. The maximum atomic E-state index is 9.57. The van der Waals surface area contributed by atoms with E-state index in [1.54, 1.807) is 0 Å². The molecule has 15 heavy (non-hydrogen) atoms. The van der Waals surface area contributed by atoms with Crippen LogP contribution in [0.1, 0.15) is 12.8 Å². The lowest BCUT2D eigenvalue weighted by molar-refractivity contribution is -0.0107. The predicted molar refractivity (Wildman–Crippen MR) is 55.2 cm³/mol. The molecule has 0 aromatic rings. The lowest BCUT2D eigenvalue weighted by Crippen LogP contribution is -2.25. The normalized spacial score (nSPS) is 32.4. The van der Waals surface area contributed by atoms with Crippen molar-refractivity contribution in [2.75, 3.05) is 25.7 Å². The molecular formula is C10H17ClO4. The monoisotopic (exact) mass is 236 g/mol. The maximum Gasteiger partial charge on any atom is 0.0835 e. The summed E-state index contributed by atoms with van der Waals surface area (Å²) in [5, 5.41) is 9.57. The molecule has 2 fully saturated rings. The summed E-state index contributed by atoms with van der Waals surface area (Å²) in [6.45, 7) is 1.92. The molecule has 2 aliphatic heterocycles. The molecule has 0 saturated carbocycles. The van der Waals surface area contributed by atoms with Gasteiger partial charge in [0.15, 0.2) is 0 Å². The zero-order valence-electron chi connectivity index (χ0n) is 8.60. The van der Waals surface area contributed by atoms with Crippen molar-refractivity contribution in [2.24, 2.45) is 0 Å². The van der Waals surface area contributed by atoms with E-state index in [1.165, 1.54) is 0 Å². The molecule has 0 aliphatic carbocycles. The fourth-order valence-electron chi connectivity index (χ4n) is 1.50. The van der Waals surface area contributed by atoms with E-state index in [0.717, 1.165) is 19.6 Å². The predicted octanol–water partition coefficient (Wildman–Crippen LogP) is 0.549. The van der Waals surface area contributed by atoms with Crippen molar-refractivity contribution in [2.45, 2.75) is 37.3 Å². The number of aliphatic hydroxyl groups excluding tert-OH is 1. The Balaban J connectivity index is 1.56. The topological polar surface area (TPSA) is 54.5 Å². The van der Waals surface area contributed by atoms with E-state index >= 15 is 0 Å². The van der Waals surface area contributed by atoms with E-state index in [-0.39, 0.29) is 12.2 Å². The van der Waals surface area contributed by atoms with E-state index in [0.29, 0.717) is 25.0 Å². The first-order valence-electron chi connectivity index (χ1n) is 5.36. The fourth-order valence-corrected chi connectivity index (χ4v) is 1.71. The molecule has 0 bridgehead atoms. The molecule has 0 amide bonds. The lowest BCUT2D eigenvalue weighted by Gasteiger charge is -2.16. The van der Waals surface area contributed by atoms with Crippen molar-refractivity contribution in [1.82, 2.24) is 0 Å². The summed E-state index contributed by atoms with van der Waals surface area (Å²) in [5.74, 6) is 0.451. The molecule has 4 unspecified atom stereocenters. The van der Waals surface area contributed by atoms with Crippen LogP contribution in [0.4, 0.5) is 0 Å². The van der Waals surface area contributed by atoms with Crippen LogP contribution in [-0.2, 0) is 14.2 Å². The van der Waals surface area contributed by atoms with Gasteiger partial charge in [0.2, 0.25) is 0 Å². The fraction of sp³-hybridized carbons (Fsp3) is 1.00. The minimum absolute atomic E-state index is 0.00561. The van der Waals surface area contributed by atoms with Gasteiger partial charge in [-0.05, 0) is 0 Å². The van der Waals surface area contributed by atoms with Crippen LogP contribution in [0.5, 0.6) is 0 Å². The Morgan fingerprint density at radius 1 is 1.27 bits per heavy atom. The summed E-state index contributed by atoms with van der Waals surface area (Å²) >= 11 is 5.75. The number of ether oxygens (including phenoxy) is 3. The van der Waals surface area contributed by atoms with Gasteiger partial charge in [-0.3, -0.25) is 0 Å². The summed E-state index contributed by atoms with van der Waals surface area (Å²) < 4.78 is 15.6. The van der Waals surface area contributed by atoms with Crippen LogP contribution in [0.3, 0.4) is 0 Å². The first kappa shape index (κ1) is 11.6. The Morgan fingerprint density at radius 2 is 1.87 bits per heavy atom. The van der Waals surface area contributed by atoms with E-state index in [2.05, 4.69) is 0 Å². The maximum absolute atomic E-state index is 9.57. The smallest absolute Gasteiger partial charge is 0.0835 e. The van der Waals surface area contributed by atoms with Crippen LogP contribution >= 0.6 is 11.6 Å². The van der Waals surface area contributed by atoms with E-state index in [1.807, 2.05) is 0 Å². The molecule has 5 heteroatoms.